The number of pyridine rings is 1. The number of alkyl halides is 3. The van der Waals surface area contributed by atoms with E-state index in [9.17, 15) is 22.0 Å². The zero-order valence-corrected chi connectivity index (χ0v) is 6.55. The van der Waals surface area contributed by atoms with E-state index in [1.54, 1.807) is 0 Å². The van der Waals surface area contributed by atoms with Gasteiger partial charge in [0, 0.05) is 6.07 Å². The van der Waals surface area contributed by atoms with Crippen LogP contribution in [-0.4, -0.2) is 4.98 Å². The lowest BCUT2D eigenvalue weighted by molar-refractivity contribution is -0.141. The van der Waals surface area contributed by atoms with Gasteiger partial charge < -0.3 is 0 Å². The van der Waals surface area contributed by atoms with Crippen LogP contribution >= 0.6 is 11.6 Å². The Balaban J connectivity index is 3.29. The van der Waals surface area contributed by atoms with Gasteiger partial charge in [-0.3, -0.25) is 0 Å². The molecule has 13 heavy (non-hydrogen) atoms. The SMILES string of the molecule is Fc1cc(C(F)(F)F)nc(F)c1Cl. The Morgan fingerprint density at radius 2 is 1.77 bits per heavy atom. The summed E-state index contributed by atoms with van der Waals surface area (Å²) in [5, 5.41) is -1.05. The van der Waals surface area contributed by atoms with Gasteiger partial charge in [0.05, 0.1) is 0 Å². The molecule has 0 unspecified atom stereocenters. The number of hydrogen-bond donors (Lipinski definition) is 0. The van der Waals surface area contributed by atoms with Crippen LogP contribution < -0.4 is 0 Å². The smallest absolute Gasteiger partial charge is 0.214 e. The van der Waals surface area contributed by atoms with E-state index in [1.807, 2.05) is 0 Å². The average Bonchev–Trinajstić information content (AvgIpc) is 1.97. The molecule has 1 nitrogen and oxygen atoms in total. The number of nitrogens with zero attached hydrogens (tertiary/aromatic N) is 1. The molecule has 0 radical (unpaired) electrons. The molecule has 0 atom stereocenters. The summed E-state index contributed by atoms with van der Waals surface area (Å²) in [5.41, 5.74) is -1.65. The summed E-state index contributed by atoms with van der Waals surface area (Å²) in [6.45, 7) is 0. The Labute approximate surface area is 74.1 Å². The second kappa shape index (κ2) is 3.10. The van der Waals surface area contributed by atoms with E-state index in [0.717, 1.165) is 0 Å². The molecule has 1 aromatic rings. The second-order valence-corrected chi connectivity index (χ2v) is 2.47. The second-order valence-electron chi connectivity index (χ2n) is 2.09. The molecule has 0 aliphatic heterocycles. The number of rotatable bonds is 0. The molecule has 0 aromatic carbocycles. The van der Waals surface area contributed by atoms with Gasteiger partial charge in [-0.25, -0.2) is 9.37 Å². The summed E-state index contributed by atoms with van der Waals surface area (Å²) in [6.07, 6.45) is -4.88. The standard InChI is InChI=1S/C6HClF5N/c7-4-2(8)1-3(6(10,11)12)13-5(4)9/h1H. The van der Waals surface area contributed by atoms with Crippen molar-refractivity contribution >= 4 is 11.6 Å². The maximum absolute atomic E-state index is 12.5. The lowest BCUT2D eigenvalue weighted by Gasteiger charge is -2.05. The molecule has 0 N–H and O–H groups in total. The van der Waals surface area contributed by atoms with Crippen molar-refractivity contribution in [2.75, 3.05) is 0 Å². The maximum Gasteiger partial charge on any atom is 0.433 e. The Morgan fingerprint density at radius 1 is 1.23 bits per heavy atom. The van der Waals surface area contributed by atoms with Gasteiger partial charge >= 0.3 is 6.18 Å². The Bertz CT molecular complexity index is 311. The minimum Gasteiger partial charge on any atom is -0.214 e. The van der Waals surface area contributed by atoms with Crippen molar-refractivity contribution in [3.8, 4) is 0 Å². The van der Waals surface area contributed by atoms with Gasteiger partial charge in [-0.2, -0.15) is 17.6 Å². The summed E-state index contributed by atoms with van der Waals surface area (Å²) in [6, 6.07) is 0.0331. The van der Waals surface area contributed by atoms with Gasteiger partial charge in [-0.15, -0.1) is 0 Å². The van der Waals surface area contributed by atoms with Gasteiger partial charge in [0.15, 0.2) is 5.69 Å². The topological polar surface area (TPSA) is 12.9 Å². The summed E-state index contributed by atoms with van der Waals surface area (Å²) in [5.74, 6) is -3.16. The zero-order valence-electron chi connectivity index (χ0n) is 5.79. The van der Waals surface area contributed by atoms with E-state index in [2.05, 4.69) is 4.98 Å². The molecule has 1 aromatic heterocycles. The van der Waals surface area contributed by atoms with Crippen molar-refractivity contribution in [1.29, 1.82) is 0 Å². The Morgan fingerprint density at radius 3 is 2.15 bits per heavy atom. The number of hydrogen-bond acceptors (Lipinski definition) is 1. The molecule has 0 saturated carbocycles. The van der Waals surface area contributed by atoms with Crippen LogP contribution in [0.2, 0.25) is 5.02 Å². The maximum atomic E-state index is 12.5. The van der Waals surface area contributed by atoms with Crippen molar-refractivity contribution < 1.29 is 22.0 Å². The monoisotopic (exact) mass is 217 g/mol. The molecular weight excluding hydrogens is 217 g/mol. The highest BCUT2D eigenvalue weighted by molar-refractivity contribution is 6.30. The average molecular weight is 218 g/mol. The lowest BCUT2D eigenvalue weighted by atomic mass is 10.3. The van der Waals surface area contributed by atoms with Gasteiger partial charge in [-0.1, -0.05) is 11.6 Å². The molecule has 0 aliphatic rings. The van der Waals surface area contributed by atoms with E-state index in [-0.39, 0.29) is 6.07 Å². The van der Waals surface area contributed by atoms with E-state index < -0.39 is 28.7 Å². The first-order valence-corrected chi connectivity index (χ1v) is 3.29. The van der Waals surface area contributed by atoms with E-state index in [4.69, 9.17) is 11.6 Å². The molecule has 1 rings (SSSR count). The van der Waals surface area contributed by atoms with Crippen molar-refractivity contribution in [2.45, 2.75) is 6.18 Å². The van der Waals surface area contributed by atoms with E-state index >= 15 is 0 Å². The molecule has 72 valence electrons. The fraction of sp³-hybridized carbons (Fsp3) is 0.167. The molecule has 0 spiro atoms. The lowest BCUT2D eigenvalue weighted by Crippen LogP contribution is -2.10. The molecule has 7 heteroatoms. The third-order valence-corrected chi connectivity index (χ3v) is 1.50. The zero-order chi connectivity index (χ0) is 10.2. The molecule has 0 saturated heterocycles. The van der Waals surface area contributed by atoms with Gasteiger partial charge in [0.2, 0.25) is 5.95 Å². The van der Waals surface area contributed by atoms with Crippen LogP contribution in [0.25, 0.3) is 0 Å². The minimum absolute atomic E-state index is 0.0331. The first kappa shape index (κ1) is 10.2. The first-order valence-electron chi connectivity index (χ1n) is 2.91. The van der Waals surface area contributed by atoms with Crippen LogP contribution in [0.15, 0.2) is 6.07 Å². The van der Waals surface area contributed by atoms with Crippen LogP contribution in [-0.2, 0) is 6.18 Å². The molecule has 0 amide bonds. The fourth-order valence-electron chi connectivity index (χ4n) is 0.614. The summed E-state index contributed by atoms with van der Waals surface area (Å²) < 4.78 is 60.4. The van der Waals surface area contributed by atoms with Crippen LogP contribution in [0.3, 0.4) is 0 Å². The number of halogens is 6. The highest BCUT2D eigenvalue weighted by Crippen LogP contribution is 2.30. The number of aromatic nitrogens is 1. The Hall–Kier alpha value is -0.910. The van der Waals surface area contributed by atoms with Crippen LogP contribution in [0, 0.1) is 11.8 Å². The molecule has 0 bridgehead atoms. The third kappa shape index (κ3) is 2.06. The third-order valence-electron chi connectivity index (χ3n) is 1.16. The molecule has 1 heterocycles. The molecular formula is C6HClF5N. The summed E-state index contributed by atoms with van der Waals surface area (Å²) in [4.78, 5) is 2.44. The molecule has 0 aliphatic carbocycles. The summed E-state index contributed by atoms with van der Waals surface area (Å²) in [7, 11) is 0. The van der Waals surface area contributed by atoms with Crippen LogP contribution in [0.5, 0.6) is 0 Å². The minimum atomic E-state index is -4.88. The van der Waals surface area contributed by atoms with Gasteiger partial charge in [0.25, 0.3) is 0 Å². The summed E-state index contributed by atoms with van der Waals surface area (Å²) >= 11 is 4.92. The largest absolute Gasteiger partial charge is 0.433 e. The highest BCUT2D eigenvalue weighted by atomic mass is 35.5. The van der Waals surface area contributed by atoms with Crippen molar-refractivity contribution in [1.82, 2.24) is 4.98 Å². The van der Waals surface area contributed by atoms with Gasteiger partial charge in [-0.05, 0) is 0 Å². The fourth-order valence-corrected chi connectivity index (χ4v) is 0.711. The first-order chi connectivity index (χ1) is 5.82. The van der Waals surface area contributed by atoms with Crippen LogP contribution in [0.1, 0.15) is 5.69 Å². The van der Waals surface area contributed by atoms with E-state index in [1.165, 1.54) is 0 Å². The molecule has 0 fully saturated rings. The predicted octanol–water partition coefficient (Wildman–Crippen LogP) is 3.03. The predicted molar refractivity (Wildman–Crippen MR) is 34.2 cm³/mol. The van der Waals surface area contributed by atoms with Crippen molar-refractivity contribution in [3.05, 3.63) is 28.5 Å². The van der Waals surface area contributed by atoms with E-state index in [0.29, 0.717) is 0 Å². The Kier molecular flexibility index (Phi) is 2.42. The van der Waals surface area contributed by atoms with Crippen molar-refractivity contribution in [3.63, 3.8) is 0 Å². The van der Waals surface area contributed by atoms with Gasteiger partial charge in [0.1, 0.15) is 10.8 Å². The van der Waals surface area contributed by atoms with Crippen molar-refractivity contribution in [2.24, 2.45) is 0 Å². The normalized spacial score (nSPS) is 11.8. The highest BCUT2D eigenvalue weighted by Gasteiger charge is 2.34. The quantitative estimate of drug-likeness (QED) is 0.481. The van der Waals surface area contributed by atoms with Crippen LogP contribution in [0.4, 0.5) is 22.0 Å².